The van der Waals surface area contributed by atoms with Gasteiger partial charge in [-0.2, -0.15) is 0 Å². The summed E-state index contributed by atoms with van der Waals surface area (Å²) >= 11 is 0. The number of para-hydroxylation sites is 2. The quantitative estimate of drug-likeness (QED) is 0.230. The van der Waals surface area contributed by atoms with Crippen molar-refractivity contribution in [1.29, 1.82) is 0 Å². The molecule has 4 N–H and O–H groups in total. The summed E-state index contributed by atoms with van der Waals surface area (Å²) in [7, 11) is 0. The van der Waals surface area contributed by atoms with Crippen LogP contribution in [0.3, 0.4) is 0 Å². The van der Waals surface area contributed by atoms with Crippen molar-refractivity contribution in [3.05, 3.63) is 108 Å². The molecular weight excluding hydrogens is 444 g/mol. The third kappa shape index (κ3) is 5.78. The minimum atomic E-state index is 0.311. The largest absolute Gasteiger partial charge is 0.507 e. The number of rotatable bonds is 8. The lowest BCUT2D eigenvalue weighted by Gasteiger charge is -2.33. The Balaban J connectivity index is 1.22. The van der Waals surface area contributed by atoms with E-state index >= 15 is 0 Å². The van der Waals surface area contributed by atoms with E-state index in [4.69, 9.17) is 0 Å². The minimum absolute atomic E-state index is 0.311. The lowest BCUT2D eigenvalue weighted by molar-refractivity contribution is 0.281. The minimum Gasteiger partial charge on any atom is -0.507 e. The van der Waals surface area contributed by atoms with Crippen molar-refractivity contribution in [3.63, 3.8) is 0 Å². The number of aromatic hydroxyl groups is 2. The number of phenols is 2. The number of phenolic OH excluding ortho intramolecular Hbond substituents is 2. The molecule has 4 aromatic carbocycles. The Morgan fingerprint density at radius 3 is 1.44 bits per heavy atom. The Labute approximate surface area is 213 Å². The van der Waals surface area contributed by atoms with Gasteiger partial charge in [0.25, 0.3) is 0 Å². The van der Waals surface area contributed by atoms with E-state index < -0.39 is 0 Å². The molecular formula is C32H34N2O2. The van der Waals surface area contributed by atoms with E-state index in [-0.39, 0.29) is 0 Å². The fourth-order valence-electron chi connectivity index (χ4n) is 5.25. The standard InChI is InChI=1S/C32H34N2O2/c35-31-17-5-1-13-27(31)25-11-7-9-23(19-25)21-33-29-15-3-4-16-30(29)34-22-24-10-8-12-26(20-24)28-14-2-6-18-32(28)36/h1-2,5-14,17-20,29-30,33-36H,3-4,15-16,21-22H2/t29-,30-/m0/s1. The molecule has 4 aromatic rings. The van der Waals surface area contributed by atoms with Crippen molar-refractivity contribution >= 4 is 0 Å². The fourth-order valence-corrected chi connectivity index (χ4v) is 5.25. The monoisotopic (exact) mass is 478 g/mol. The Hall–Kier alpha value is -3.60. The third-order valence-electron chi connectivity index (χ3n) is 7.19. The Kier molecular flexibility index (Phi) is 7.65. The molecule has 36 heavy (non-hydrogen) atoms. The van der Waals surface area contributed by atoms with Gasteiger partial charge in [-0.05, 0) is 59.4 Å². The zero-order valence-corrected chi connectivity index (χ0v) is 20.5. The van der Waals surface area contributed by atoms with Crippen LogP contribution >= 0.6 is 0 Å². The average molecular weight is 479 g/mol. The summed E-state index contributed by atoms with van der Waals surface area (Å²) in [4.78, 5) is 0. The fraction of sp³-hybridized carbons (Fsp3) is 0.250. The van der Waals surface area contributed by atoms with Crippen LogP contribution in [0.1, 0.15) is 36.8 Å². The first kappa shape index (κ1) is 24.1. The number of nitrogens with one attached hydrogen (secondary N) is 2. The third-order valence-corrected chi connectivity index (χ3v) is 7.19. The normalized spacial score (nSPS) is 17.7. The summed E-state index contributed by atoms with van der Waals surface area (Å²) in [5.41, 5.74) is 6.24. The molecule has 0 bridgehead atoms. The molecule has 4 nitrogen and oxygen atoms in total. The van der Waals surface area contributed by atoms with Gasteiger partial charge in [0.1, 0.15) is 11.5 Å². The molecule has 1 saturated carbocycles. The van der Waals surface area contributed by atoms with Crippen molar-refractivity contribution in [2.75, 3.05) is 0 Å². The van der Waals surface area contributed by atoms with Gasteiger partial charge in [0.15, 0.2) is 0 Å². The molecule has 0 aliphatic heterocycles. The lowest BCUT2D eigenvalue weighted by Crippen LogP contribution is -2.49. The molecule has 184 valence electrons. The van der Waals surface area contributed by atoms with Crippen LogP contribution < -0.4 is 10.6 Å². The molecule has 0 spiro atoms. The highest BCUT2D eigenvalue weighted by Crippen LogP contribution is 2.30. The van der Waals surface area contributed by atoms with Gasteiger partial charge >= 0.3 is 0 Å². The first-order chi connectivity index (χ1) is 17.7. The first-order valence-electron chi connectivity index (χ1n) is 12.9. The van der Waals surface area contributed by atoms with E-state index in [9.17, 15) is 10.2 Å². The van der Waals surface area contributed by atoms with Gasteiger partial charge < -0.3 is 20.8 Å². The van der Waals surface area contributed by atoms with Crippen molar-refractivity contribution in [2.45, 2.75) is 50.9 Å². The molecule has 2 atom stereocenters. The van der Waals surface area contributed by atoms with Crippen LogP contribution in [0.4, 0.5) is 0 Å². The van der Waals surface area contributed by atoms with Crippen molar-refractivity contribution in [1.82, 2.24) is 10.6 Å². The second-order valence-corrected chi connectivity index (χ2v) is 9.69. The predicted octanol–water partition coefficient (Wildman–Crippen LogP) is 6.62. The van der Waals surface area contributed by atoms with Gasteiger partial charge in [-0.3, -0.25) is 0 Å². The number of benzene rings is 4. The maximum atomic E-state index is 10.2. The lowest BCUT2D eigenvalue weighted by atomic mass is 9.89. The van der Waals surface area contributed by atoms with Crippen LogP contribution in [-0.2, 0) is 13.1 Å². The van der Waals surface area contributed by atoms with Crippen LogP contribution in [0, 0.1) is 0 Å². The zero-order chi connectivity index (χ0) is 24.7. The van der Waals surface area contributed by atoms with Gasteiger partial charge in [-0.25, -0.2) is 0 Å². The van der Waals surface area contributed by atoms with E-state index in [1.54, 1.807) is 12.1 Å². The van der Waals surface area contributed by atoms with E-state index in [0.717, 1.165) is 48.2 Å². The van der Waals surface area contributed by atoms with E-state index in [0.29, 0.717) is 23.6 Å². The van der Waals surface area contributed by atoms with E-state index in [1.165, 1.54) is 24.0 Å². The van der Waals surface area contributed by atoms with Crippen molar-refractivity contribution < 1.29 is 10.2 Å². The summed E-state index contributed by atoms with van der Waals surface area (Å²) in [5, 5.41) is 28.1. The van der Waals surface area contributed by atoms with Crippen LogP contribution in [0.2, 0.25) is 0 Å². The molecule has 0 unspecified atom stereocenters. The van der Waals surface area contributed by atoms with Crippen molar-refractivity contribution in [2.24, 2.45) is 0 Å². The number of hydrogen-bond acceptors (Lipinski definition) is 4. The maximum Gasteiger partial charge on any atom is 0.123 e. The van der Waals surface area contributed by atoms with Gasteiger partial charge in [0, 0.05) is 36.3 Å². The molecule has 0 saturated heterocycles. The molecule has 0 amide bonds. The summed E-state index contributed by atoms with van der Waals surface area (Å²) in [6, 6.07) is 32.6. The highest BCUT2D eigenvalue weighted by Gasteiger charge is 2.24. The molecule has 4 heteroatoms. The van der Waals surface area contributed by atoms with Gasteiger partial charge in [-0.1, -0.05) is 85.6 Å². The Morgan fingerprint density at radius 2 is 1.00 bits per heavy atom. The highest BCUT2D eigenvalue weighted by molar-refractivity contribution is 5.71. The first-order valence-corrected chi connectivity index (χ1v) is 12.9. The zero-order valence-electron chi connectivity index (χ0n) is 20.5. The molecule has 0 radical (unpaired) electrons. The second-order valence-electron chi connectivity index (χ2n) is 9.69. The van der Waals surface area contributed by atoms with Gasteiger partial charge in [-0.15, -0.1) is 0 Å². The van der Waals surface area contributed by atoms with Crippen LogP contribution in [0.25, 0.3) is 22.3 Å². The van der Waals surface area contributed by atoms with E-state index in [1.807, 2.05) is 48.5 Å². The molecule has 1 aliphatic carbocycles. The van der Waals surface area contributed by atoms with Gasteiger partial charge in [0.05, 0.1) is 0 Å². The van der Waals surface area contributed by atoms with Crippen LogP contribution in [0.5, 0.6) is 11.5 Å². The SMILES string of the molecule is Oc1ccccc1-c1cccc(CN[C@H]2CCCC[C@@H]2NCc2cccc(-c3ccccc3O)c2)c1. The molecule has 1 fully saturated rings. The summed E-state index contributed by atoms with van der Waals surface area (Å²) < 4.78 is 0. The van der Waals surface area contributed by atoms with E-state index in [2.05, 4.69) is 47.0 Å². The summed E-state index contributed by atoms with van der Waals surface area (Å²) in [6.07, 6.45) is 4.82. The average Bonchev–Trinajstić information content (AvgIpc) is 2.92. The van der Waals surface area contributed by atoms with Gasteiger partial charge in [0.2, 0.25) is 0 Å². The van der Waals surface area contributed by atoms with Crippen LogP contribution in [-0.4, -0.2) is 22.3 Å². The summed E-state index contributed by atoms with van der Waals surface area (Å²) in [6.45, 7) is 1.60. The second kappa shape index (κ2) is 11.4. The molecule has 1 aliphatic rings. The molecule has 0 aromatic heterocycles. The predicted molar refractivity (Wildman–Crippen MR) is 147 cm³/mol. The topological polar surface area (TPSA) is 64.5 Å². The number of hydrogen-bond donors (Lipinski definition) is 4. The summed E-state index contributed by atoms with van der Waals surface area (Å²) in [5.74, 6) is 0.622. The molecule has 0 heterocycles. The smallest absolute Gasteiger partial charge is 0.123 e. The Bertz CT molecular complexity index is 1200. The highest BCUT2D eigenvalue weighted by atomic mass is 16.3. The maximum absolute atomic E-state index is 10.2. The Morgan fingerprint density at radius 1 is 0.556 bits per heavy atom. The van der Waals surface area contributed by atoms with Crippen molar-refractivity contribution in [3.8, 4) is 33.8 Å². The molecule has 5 rings (SSSR count). The van der Waals surface area contributed by atoms with Crippen LogP contribution in [0.15, 0.2) is 97.1 Å².